The minimum absolute atomic E-state index is 0.0968. The summed E-state index contributed by atoms with van der Waals surface area (Å²) in [5.74, 6) is 2.17. The lowest BCUT2D eigenvalue weighted by Gasteiger charge is -2.11. The van der Waals surface area contributed by atoms with Crippen LogP contribution in [-0.4, -0.2) is 31.0 Å². The Morgan fingerprint density at radius 3 is 2.89 bits per heavy atom. The fraction of sp³-hybridized carbons (Fsp3) is 0.462. The van der Waals surface area contributed by atoms with E-state index in [0.717, 1.165) is 30.2 Å². The fourth-order valence-corrected chi connectivity index (χ4v) is 2.22. The van der Waals surface area contributed by atoms with Crippen molar-refractivity contribution in [1.82, 2.24) is 5.32 Å². The van der Waals surface area contributed by atoms with Crippen molar-refractivity contribution < 1.29 is 4.79 Å². The maximum Gasteiger partial charge on any atom is 0.253 e. The monoisotopic (exact) mass is 267 g/mol. The van der Waals surface area contributed by atoms with Crippen LogP contribution in [0.1, 0.15) is 23.7 Å². The number of hydrogen-bond acceptors (Lipinski definition) is 4. The number of amides is 1. The molecule has 4 N–H and O–H groups in total. The van der Waals surface area contributed by atoms with Crippen molar-refractivity contribution in [3.05, 3.63) is 23.8 Å². The lowest BCUT2D eigenvalue weighted by molar-refractivity contribution is 0.0964. The summed E-state index contributed by atoms with van der Waals surface area (Å²) in [6.07, 6.45) is 1.07. The van der Waals surface area contributed by atoms with Crippen LogP contribution < -0.4 is 16.4 Å². The van der Waals surface area contributed by atoms with Crippen LogP contribution in [0.15, 0.2) is 18.2 Å². The van der Waals surface area contributed by atoms with Gasteiger partial charge in [0.15, 0.2) is 0 Å². The van der Waals surface area contributed by atoms with E-state index < -0.39 is 0 Å². The van der Waals surface area contributed by atoms with E-state index in [9.17, 15) is 4.79 Å². The first-order valence-electron chi connectivity index (χ1n) is 6.12. The number of thioether (sulfide) groups is 1. The molecular weight excluding hydrogens is 246 g/mol. The van der Waals surface area contributed by atoms with Crippen LogP contribution in [0.2, 0.25) is 0 Å². The first kappa shape index (κ1) is 14.7. The molecule has 0 aliphatic carbocycles. The predicted molar refractivity (Wildman–Crippen MR) is 80.4 cm³/mol. The second-order valence-electron chi connectivity index (χ2n) is 3.86. The van der Waals surface area contributed by atoms with E-state index in [2.05, 4.69) is 17.6 Å². The van der Waals surface area contributed by atoms with E-state index in [1.807, 2.05) is 11.8 Å². The molecule has 0 aromatic heterocycles. The summed E-state index contributed by atoms with van der Waals surface area (Å²) < 4.78 is 0. The molecule has 1 amide bonds. The predicted octanol–water partition coefficient (Wildman–Crippen LogP) is 2.18. The number of nitrogens with one attached hydrogen (secondary N) is 2. The molecule has 4 nitrogen and oxygen atoms in total. The number of hydrogen-bond donors (Lipinski definition) is 3. The number of nitrogens with two attached hydrogens (primary N) is 1. The number of anilines is 2. The van der Waals surface area contributed by atoms with Gasteiger partial charge < -0.3 is 16.4 Å². The number of nitrogen functional groups attached to an aromatic ring is 1. The van der Waals surface area contributed by atoms with Crippen molar-refractivity contribution in [2.75, 3.05) is 36.1 Å². The van der Waals surface area contributed by atoms with Gasteiger partial charge in [0.2, 0.25) is 0 Å². The van der Waals surface area contributed by atoms with E-state index in [1.165, 1.54) is 0 Å². The Balaban J connectivity index is 2.62. The molecule has 0 aliphatic rings. The smallest absolute Gasteiger partial charge is 0.253 e. The summed E-state index contributed by atoms with van der Waals surface area (Å²) in [6.45, 7) is 3.00. The van der Waals surface area contributed by atoms with Gasteiger partial charge in [-0.05, 0) is 36.1 Å². The maximum atomic E-state index is 11.7. The molecule has 0 aliphatic heterocycles. The van der Waals surface area contributed by atoms with Crippen molar-refractivity contribution >= 4 is 29.0 Å². The first-order valence-corrected chi connectivity index (χ1v) is 7.27. The molecular formula is C13H21N3OS. The van der Waals surface area contributed by atoms with Gasteiger partial charge in [-0.15, -0.1) is 0 Å². The molecule has 0 saturated carbocycles. The van der Waals surface area contributed by atoms with E-state index in [0.29, 0.717) is 11.3 Å². The Labute approximate surface area is 113 Å². The molecule has 0 radical (unpaired) electrons. The summed E-state index contributed by atoms with van der Waals surface area (Å²) in [6, 6.07) is 5.29. The molecule has 0 bridgehead atoms. The highest BCUT2D eigenvalue weighted by molar-refractivity contribution is 7.99. The second kappa shape index (κ2) is 7.87. The van der Waals surface area contributed by atoms with Crippen LogP contribution >= 0.6 is 11.8 Å². The lowest BCUT2D eigenvalue weighted by atomic mass is 10.1. The van der Waals surface area contributed by atoms with Gasteiger partial charge in [-0.2, -0.15) is 11.8 Å². The average Bonchev–Trinajstić information content (AvgIpc) is 2.38. The molecule has 0 saturated heterocycles. The lowest BCUT2D eigenvalue weighted by Crippen LogP contribution is -2.20. The molecule has 18 heavy (non-hydrogen) atoms. The number of carbonyl (C=O) groups is 1. The van der Waals surface area contributed by atoms with Crippen LogP contribution in [0.5, 0.6) is 0 Å². The van der Waals surface area contributed by atoms with E-state index in [4.69, 9.17) is 5.73 Å². The summed E-state index contributed by atoms with van der Waals surface area (Å²) in [7, 11) is 1.63. The van der Waals surface area contributed by atoms with Crippen molar-refractivity contribution in [2.24, 2.45) is 0 Å². The molecule has 1 aromatic rings. The Morgan fingerprint density at radius 2 is 2.22 bits per heavy atom. The van der Waals surface area contributed by atoms with Gasteiger partial charge >= 0.3 is 0 Å². The fourth-order valence-electron chi connectivity index (χ4n) is 1.58. The zero-order valence-electron chi connectivity index (χ0n) is 11.0. The summed E-state index contributed by atoms with van der Waals surface area (Å²) >= 11 is 1.92. The van der Waals surface area contributed by atoms with Gasteiger partial charge in [0, 0.05) is 25.0 Å². The third-order valence-electron chi connectivity index (χ3n) is 2.50. The van der Waals surface area contributed by atoms with Crippen molar-refractivity contribution in [3.63, 3.8) is 0 Å². The molecule has 0 fully saturated rings. The Morgan fingerprint density at radius 1 is 1.44 bits per heavy atom. The zero-order valence-corrected chi connectivity index (χ0v) is 11.8. The van der Waals surface area contributed by atoms with Gasteiger partial charge in [0.25, 0.3) is 5.91 Å². The van der Waals surface area contributed by atoms with Crippen molar-refractivity contribution in [3.8, 4) is 0 Å². The third kappa shape index (κ3) is 4.49. The molecule has 100 valence electrons. The third-order valence-corrected chi connectivity index (χ3v) is 3.49. The summed E-state index contributed by atoms with van der Waals surface area (Å²) in [4.78, 5) is 11.7. The van der Waals surface area contributed by atoms with Crippen LogP contribution in [-0.2, 0) is 0 Å². The SMILES string of the molecule is CCSCCCNc1cc(N)ccc1C(=O)NC. The van der Waals surface area contributed by atoms with Crippen LogP contribution in [0.4, 0.5) is 11.4 Å². The molecule has 5 heteroatoms. The normalized spacial score (nSPS) is 10.1. The van der Waals surface area contributed by atoms with Gasteiger partial charge in [-0.25, -0.2) is 0 Å². The summed E-state index contributed by atoms with van der Waals surface area (Å²) in [5.41, 5.74) is 7.84. The van der Waals surface area contributed by atoms with Crippen molar-refractivity contribution in [2.45, 2.75) is 13.3 Å². The van der Waals surface area contributed by atoms with Gasteiger partial charge in [0.1, 0.15) is 0 Å². The molecule has 0 atom stereocenters. The highest BCUT2D eigenvalue weighted by Crippen LogP contribution is 2.19. The largest absolute Gasteiger partial charge is 0.399 e. The molecule has 1 aromatic carbocycles. The van der Waals surface area contributed by atoms with Crippen LogP contribution in [0, 0.1) is 0 Å². The molecule has 0 heterocycles. The molecule has 0 spiro atoms. The first-order chi connectivity index (χ1) is 8.69. The van der Waals surface area contributed by atoms with E-state index in [1.54, 1.807) is 25.2 Å². The zero-order chi connectivity index (χ0) is 13.4. The highest BCUT2D eigenvalue weighted by Gasteiger charge is 2.09. The Kier molecular flexibility index (Phi) is 6.43. The average molecular weight is 267 g/mol. The number of carbonyl (C=O) groups excluding carboxylic acids is 1. The van der Waals surface area contributed by atoms with Gasteiger partial charge in [0.05, 0.1) is 5.56 Å². The van der Waals surface area contributed by atoms with Gasteiger partial charge in [-0.1, -0.05) is 6.92 Å². The number of rotatable bonds is 7. The van der Waals surface area contributed by atoms with Crippen LogP contribution in [0.25, 0.3) is 0 Å². The highest BCUT2D eigenvalue weighted by atomic mass is 32.2. The Hall–Kier alpha value is -1.36. The van der Waals surface area contributed by atoms with Crippen molar-refractivity contribution in [1.29, 1.82) is 0 Å². The Bertz CT molecular complexity index is 396. The molecule has 1 rings (SSSR count). The van der Waals surface area contributed by atoms with Crippen LogP contribution in [0.3, 0.4) is 0 Å². The second-order valence-corrected chi connectivity index (χ2v) is 5.26. The summed E-state index contributed by atoms with van der Waals surface area (Å²) in [5, 5.41) is 5.90. The van der Waals surface area contributed by atoms with E-state index in [-0.39, 0.29) is 5.91 Å². The minimum atomic E-state index is -0.0968. The van der Waals surface area contributed by atoms with E-state index >= 15 is 0 Å². The number of benzene rings is 1. The molecule has 0 unspecified atom stereocenters. The maximum absolute atomic E-state index is 11.7. The minimum Gasteiger partial charge on any atom is -0.399 e. The quantitative estimate of drug-likeness (QED) is 0.523. The van der Waals surface area contributed by atoms with Gasteiger partial charge in [-0.3, -0.25) is 4.79 Å². The topological polar surface area (TPSA) is 67.1 Å². The standard InChI is InChI=1S/C13H21N3OS/c1-3-18-8-4-7-16-12-9-10(14)5-6-11(12)13(17)15-2/h5-6,9,16H,3-4,7-8,14H2,1-2H3,(H,15,17).